The summed E-state index contributed by atoms with van der Waals surface area (Å²) in [6, 6.07) is 0. The van der Waals surface area contributed by atoms with Crippen LogP contribution in [0.25, 0.3) is 0 Å². The number of hydrogen-bond donors (Lipinski definition) is 0. The van der Waals surface area contributed by atoms with Crippen molar-refractivity contribution < 1.29 is 9.53 Å². The number of ether oxygens (including phenoxy) is 1. The standard InChI is InChI=1S/C24H46O2/c1-3-5-6-7-8-9-10-11-12-13-14-15-16-17-18-19-20-21-23-26-24(25)22-4-2/h9-10H,3-8,11-23H2,1-2H3/b10-9-. The second-order valence-electron chi connectivity index (χ2n) is 7.62. The molecule has 0 aromatic heterocycles. The van der Waals surface area contributed by atoms with Crippen molar-refractivity contribution in [1.82, 2.24) is 0 Å². The summed E-state index contributed by atoms with van der Waals surface area (Å²) in [5.74, 6) is -0.0324. The van der Waals surface area contributed by atoms with E-state index in [2.05, 4.69) is 19.1 Å². The Morgan fingerprint density at radius 1 is 0.615 bits per heavy atom. The van der Waals surface area contributed by atoms with Gasteiger partial charge in [-0.1, -0.05) is 96.6 Å². The summed E-state index contributed by atoms with van der Waals surface area (Å²) in [7, 11) is 0. The van der Waals surface area contributed by atoms with E-state index in [1.165, 1.54) is 96.3 Å². The van der Waals surface area contributed by atoms with E-state index in [0.717, 1.165) is 12.8 Å². The molecular formula is C24H46O2. The lowest BCUT2D eigenvalue weighted by atomic mass is 10.1. The van der Waals surface area contributed by atoms with Gasteiger partial charge in [-0.3, -0.25) is 4.79 Å². The van der Waals surface area contributed by atoms with Gasteiger partial charge in [0.05, 0.1) is 6.61 Å². The molecule has 0 rings (SSSR count). The number of carbonyl (C=O) groups excluding carboxylic acids is 1. The van der Waals surface area contributed by atoms with Gasteiger partial charge in [0.25, 0.3) is 0 Å². The second-order valence-corrected chi connectivity index (χ2v) is 7.62. The van der Waals surface area contributed by atoms with E-state index in [4.69, 9.17) is 4.74 Å². The smallest absolute Gasteiger partial charge is 0.305 e. The van der Waals surface area contributed by atoms with Gasteiger partial charge >= 0.3 is 5.97 Å². The zero-order valence-corrected chi connectivity index (χ0v) is 17.9. The Labute approximate surface area is 164 Å². The first-order chi connectivity index (χ1) is 12.8. The van der Waals surface area contributed by atoms with Crippen molar-refractivity contribution in [2.75, 3.05) is 6.61 Å². The van der Waals surface area contributed by atoms with Crippen LogP contribution >= 0.6 is 0 Å². The zero-order valence-electron chi connectivity index (χ0n) is 17.9. The van der Waals surface area contributed by atoms with Gasteiger partial charge in [0, 0.05) is 6.42 Å². The highest BCUT2D eigenvalue weighted by Crippen LogP contribution is 2.12. The molecule has 0 aliphatic rings. The van der Waals surface area contributed by atoms with E-state index in [0.29, 0.717) is 13.0 Å². The number of rotatable bonds is 20. The molecule has 0 atom stereocenters. The van der Waals surface area contributed by atoms with Gasteiger partial charge in [-0.25, -0.2) is 0 Å². The molecule has 2 nitrogen and oxygen atoms in total. The minimum Gasteiger partial charge on any atom is -0.466 e. The van der Waals surface area contributed by atoms with Gasteiger partial charge in [-0.2, -0.15) is 0 Å². The van der Waals surface area contributed by atoms with Crippen LogP contribution in [0.1, 0.15) is 129 Å². The monoisotopic (exact) mass is 366 g/mol. The fraction of sp³-hybridized carbons (Fsp3) is 0.875. The van der Waals surface area contributed by atoms with Crippen LogP contribution in [0.5, 0.6) is 0 Å². The van der Waals surface area contributed by atoms with Crippen LogP contribution in [0.3, 0.4) is 0 Å². The van der Waals surface area contributed by atoms with E-state index >= 15 is 0 Å². The van der Waals surface area contributed by atoms with Crippen molar-refractivity contribution in [1.29, 1.82) is 0 Å². The molecule has 0 amide bonds. The molecule has 0 spiro atoms. The summed E-state index contributed by atoms with van der Waals surface area (Å²) in [6.07, 6.45) is 27.4. The Bertz CT molecular complexity index is 309. The van der Waals surface area contributed by atoms with E-state index in [9.17, 15) is 4.79 Å². The Hall–Kier alpha value is -0.790. The number of esters is 1. The molecule has 0 radical (unpaired) electrons. The van der Waals surface area contributed by atoms with Crippen LogP contribution in [0.2, 0.25) is 0 Å². The van der Waals surface area contributed by atoms with Crippen molar-refractivity contribution in [3.63, 3.8) is 0 Å². The minimum absolute atomic E-state index is 0.0324. The molecular weight excluding hydrogens is 320 g/mol. The summed E-state index contributed by atoms with van der Waals surface area (Å²) < 4.78 is 5.17. The van der Waals surface area contributed by atoms with Gasteiger partial charge in [-0.05, 0) is 38.5 Å². The lowest BCUT2D eigenvalue weighted by molar-refractivity contribution is -0.143. The fourth-order valence-electron chi connectivity index (χ4n) is 3.17. The maximum absolute atomic E-state index is 11.2. The highest BCUT2D eigenvalue weighted by molar-refractivity contribution is 5.69. The SMILES string of the molecule is CCCCCC/C=C\CCCCCCCCCCCCOC(=O)CCC. The first-order valence-corrected chi connectivity index (χ1v) is 11.6. The average molecular weight is 367 g/mol. The first kappa shape index (κ1) is 25.2. The molecule has 0 heterocycles. The predicted molar refractivity (Wildman–Crippen MR) is 115 cm³/mol. The topological polar surface area (TPSA) is 26.3 Å². The maximum Gasteiger partial charge on any atom is 0.305 e. The summed E-state index contributed by atoms with van der Waals surface area (Å²) in [5.41, 5.74) is 0. The van der Waals surface area contributed by atoms with Gasteiger partial charge in [-0.15, -0.1) is 0 Å². The summed E-state index contributed by atoms with van der Waals surface area (Å²) in [5, 5.41) is 0. The molecule has 26 heavy (non-hydrogen) atoms. The van der Waals surface area contributed by atoms with Gasteiger partial charge < -0.3 is 4.74 Å². The average Bonchev–Trinajstić information content (AvgIpc) is 2.64. The van der Waals surface area contributed by atoms with Crippen LogP contribution < -0.4 is 0 Å². The first-order valence-electron chi connectivity index (χ1n) is 11.6. The highest BCUT2D eigenvalue weighted by atomic mass is 16.5. The molecule has 0 aromatic carbocycles. The molecule has 2 heteroatoms. The van der Waals surface area contributed by atoms with E-state index in [1.807, 2.05) is 6.92 Å². The number of allylic oxidation sites excluding steroid dienone is 2. The second kappa shape index (κ2) is 22.3. The van der Waals surface area contributed by atoms with E-state index < -0.39 is 0 Å². The minimum atomic E-state index is -0.0324. The highest BCUT2D eigenvalue weighted by Gasteiger charge is 1.99. The molecule has 0 saturated carbocycles. The molecule has 0 unspecified atom stereocenters. The summed E-state index contributed by atoms with van der Waals surface area (Å²) >= 11 is 0. The maximum atomic E-state index is 11.2. The Morgan fingerprint density at radius 2 is 1.08 bits per heavy atom. The quantitative estimate of drug-likeness (QED) is 0.123. The molecule has 0 aromatic rings. The van der Waals surface area contributed by atoms with Crippen molar-refractivity contribution in [3.8, 4) is 0 Å². The summed E-state index contributed by atoms with van der Waals surface area (Å²) in [4.78, 5) is 11.2. The van der Waals surface area contributed by atoms with Crippen molar-refractivity contribution in [2.24, 2.45) is 0 Å². The molecule has 0 aliphatic carbocycles. The van der Waals surface area contributed by atoms with Gasteiger partial charge in [0.15, 0.2) is 0 Å². The van der Waals surface area contributed by atoms with Crippen LogP contribution in [-0.2, 0) is 9.53 Å². The molecule has 154 valence electrons. The van der Waals surface area contributed by atoms with Crippen LogP contribution in [-0.4, -0.2) is 12.6 Å². The number of unbranched alkanes of at least 4 members (excludes halogenated alkanes) is 14. The third-order valence-corrected chi connectivity index (χ3v) is 4.87. The van der Waals surface area contributed by atoms with E-state index in [1.54, 1.807) is 0 Å². The van der Waals surface area contributed by atoms with Gasteiger partial charge in [0.2, 0.25) is 0 Å². The molecule has 0 saturated heterocycles. The Balaban J connectivity index is 3.09. The van der Waals surface area contributed by atoms with Gasteiger partial charge in [0.1, 0.15) is 0 Å². The lowest BCUT2D eigenvalue weighted by Crippen LogP contribution is -2.04. The van der Waals surface area contributed by atoms with Crippen molar-refractivity contribution in [3.05, 3.63) is 12.2 Å². The van der Waals surface area contributed by atoms with Crippen LogP contribution in [0, 0.1) is 0 Å². The Morgan fingerprint density at radius 3 is 1.58 bits per heavy atom. The fourth-order valence-corrected chi connectivity index (χ4v) is 3.17. The number of hydrogen-bond acceptors (Lipinski definition) is 2. The van der Waals surface area contributed by atoms with Crippen molar-refractivity contribution in [2.45, 2.75) is 129 Å². The van der Waals surface area contributed by atoms with Crippen LogP contribution in [0.15, 0.2) is 12.2 Å². The van der Waals surface area contributed by atoms with Crippen molar-refractivity contribution >= 4 is 5.97 Å². The van der Waals surface area contributed by atoms with E-state index in [-0.39, 0.29) is 5.97 Å². The Kier molecular flexibility index (Phi) is 21.6. The largest absolute Gasteiger partial charge is 0.466 e. The molecule has 0 N–H and O–H groups in total. The zero-order chi connectivity index (χ0) is 19.1. The normalized spacial score (nSPS) is 11.3. The lowest BCUT2D eigenvalue weighted by Gasteiger charge is -2.04. The molecule has 0 fully saturated rings. The molecule has 0 bridgehead atoms. The predicted octanol–water partition coefficient (Wildman–Crippen LogP) is 8.15. The third kappa shape index (κ3) is 21.3. The number of carbonyl (C=O) groups is 1. The third-order valence-electron chi connectivity index (χ3n) is 4.87. The summed E-state index contributed by atoms with van der Waals surface area (Å²) in [6.45, 7) is 4.90. The van der Waals surface area contributed by atoms with Crippen LogP contribution in [0.4, 0.5) is 0 Å². The molecule has 0 aliphatic heterocycles.